The number of hydrogen-bond donors (Lipinski definition) is 2. The lowest BCUT2D eigenvalue weighted by atomic mass is 9.91. The van der Waals surface area contributed by atoms with Crippen LogP contribution in [0.4, 0.5) is 4.79 Å². The molecule has 0 bridgehead atoms. The van der Waals surface area contributed by atoms with Gasteiger partial charge in [-0.25, -0.2) is 9.59 Å². The predicted molar refractivity (Wildman–Crippen MR) is 102 cm³/mol. The zero-order valence-electron chi connectivity index (χ0n) is 13.7. The molecule has 0 spiro atoms. The summed E-state index contributed by atoms with van der Waals surface area (Å²) in [6.07, 6.45) is 0. The molecule has 1 atom stereocenters. The van der Waals surface area contributed by atoms with E-state index in [0.29, 0.717) is 5.70 Å². The zero-order valence-corrected chi connectivity index (χ0v) is 16.0. The van der Waals surface area contributed by atoms with E-state index < -0.39 is 28.4 Å². The summed E-state index contributed by atoms with van der Waals surface area (Å²) in [5.74, 6) is -0.667. The number of esters is 1. The van der Waals surface area contributed by atoms with Crippen LogP contribution in [0.15, 0.2) is 53.7 Å². The molecule has 1 aliphatic heterocycles. The number of hydrogen-bond acceptors (Lipinski definition) is 3. The lowest BCUT2D eigenvalue weighted by molar-refractivity contribution is -0.139. The maximum atomic E-state index is 12.6. The highest BCUT2D eigenvalue weighted by Crippen LogP contribution is 2.33. The van der Waals surface area contributed by atoms with Crippen molar-refractivity contribution in [3.63, 3.8) is 0 Å². The maximum Gasteiger partial charge on any atom is 0.338 e. The minimum atomic E-state index is -1.72. The maximum absolute atomic E-state index is 12.6. The predicted octanol–water partition coefficient (Wildman–Crippen LogP) is 4.38. The summed E-state index contributed by atoms with van der Waals surface area (Å²) in [7, 11) is 0. The lowest BCUT2D eigenvalue weighted by Gasteiger charge is -2.29. The van der Waals surface area contributed by atoms with Gasteiger partial charge in [-0.1, -0.05) is 77.3 Å². The van der Waals surface area contributed by atoms with Crippen LogP contribution >= 0.6 is 34.8 Å². The molecular formula is C18H15Cl3N2O3. The molecule has 0 unspecified atom stereocenters. The highest BCUT2D eigenvalue weighted by Gasteiger charge is 2.34. The van der Waals surface area contributed by atoms with Crippen molar-refractivity contribution in [2.75, 3.05) is 6.61 Å². The smallest absolute Gasteiger partial charge is 0.338 e. The SMILES string of the molecule is CC1=C(C(=O)OCC(Cl)(Cl)Cl)[C@@H](c2cccc3ccccc23)NC(=O)N1. The standard InChI is InChI=1S/C18H15Cl3N2O3/c1-10-14(16(24)26-9-18(19,20)21)15(23-17(25)22-10)13-8-4-6-11-5-2-3-7-12(11)13/h2-8,15H,9H2,1H3,(H2,22,23,25)/t15-/m1/s1. The van der Waals surface area contributed by atoms with Gasteiger partial charge in [0, 0.05) is 5.70 Å². The zero-order chi connectivity index (χ0) is 18.9. The van der Waals surface area contributed by atoms with E-state index in [1.54, 1.807) is 6.92 Å². The Morgan fingerprint density at radius 3 is 2.58 bits per heavy atom. The Hall–Kier alpha value is -1.95. The number of ether oxygens (including phenoxy) is 1. The summed E-state index contributed by atoms with van der Waals surface area (Å²) in [6, 6.07) is 12.3. The van der Waals surface area contributed by atoms with Crippen molar-refractivity contribution < 1.29 is 14.3 Å². The van der Waals surface area contributed by atoms with Crippen LogP contribution in [0.1, 0.15) is 18.5 Å². The molecule has 8 heteroatoms. The van der Waals surface area contributed by atoms with Crippen LogP contribution in [0.2, 0.25) is 0 Å². The normalized spacial score (nSPS) is 17.7. The molecule has 0 saturated carbocycles. The van der Waals surface area contributed by atoms with E-state index in [0.717, 1.165) is 16.3 Å². The van der Waals surface area contributed by atoms with Crippen molar-refractivity contribution in [1.82, 2.24) is 10.6 Å². The second-order valence-electron chi connectivity index (χ2n) is 5.83. The van der Waals surface area contributed by atoms with Crippen LogP contribution in [-0.4, -0.2) is 22.4 Å². The van der Waals surface area contributed by atoms with Crippen LogP contribution in [0.3, 0.4) is 0 Å². The summed E-state index contributed by atoms with van der Waals surface area (Å²) in [5, 5.41) is 7.27. The van der Waals surface area contributed by atoms with Gasteiger partial charge in [0.1, 0.15) is 6.61 Å². The number of fused-ring (bicyclic) bond motifs is 1. The quantitative estimate of drug-likeness (QED) is 0.579. The molecule has 136 valence electrons. The van der Waals surface area contributed by atoms with Gasteiger partial charge in [0.2, 0.25) is 3.79 Å². The number of benzene rings is 2. The van der Waals surface area contributed by atoms with Gasteiger partial charge >= 0.3 is 12.0 Å². The van der Waals surface area contributed by atoms with E-state index in [-0.39, 0.29) is 5.57 Å². The average Bonchev–Trinajstić information content (AvgIpc) is 2.58. The number of rotatable bonds is 3. The molecule has 26 heavy (non-hydrogen) atoms. The Morgan fingerprint density at radius 1 is 1.15 bits per heavy atom. The first kappa shape index (κ1) is 18.8. The Kier molecular flexibility index (Phi) is 5.32. The number of amides is 2. The largest absolute Gasteiger partial charge is 0.458 e. The van der Waals surface area contributed by atoms with E-state index in [2.05, 4.69) is 10.6 Å². The third-order valence-electron chi connectivity index (χ3n) is 3.99. The van der Waals surface area contributed by atoms with Gasteiger partial charge < -0.3 is 15.4 Å². The minimum Gasteiger partial charge on any atom is -0.458 e. The van der Waals surface area contributed by atoms with Crippen LogP contribution in [0.5, 0.6) is 0 Å². The molecular weight excluding hydrogens is 399 g/mol. The summed E-state index contributed by atoms with van der Waals surface area (Å²) in [4.78, 5) is 24.6. The van der Waals surface area contributed by atoms with Crippen molar-refractivity contribution in [3.8, 4) is 0 Å². The minimum absolute atomic E-state index is 0.259. The molecule has 3 rings (SSSR count). The van der Waals surface area contributed by atoms with Crippen molar-refractivity contribution in [3.05, 3.63) is 59.3 Å². The number of carbonyl (C=O) groups is 2. The summed E-state index contributed by atoms with van der Waals surface area (Å²) < 4.78 is 3.41. The molecule has 2 aromatic carbocycles. The van der Waals surface area contributed by atoms with Crippen LogP contribution < -0.4 is 10.6 Å². The molecule has 0 radical (unpaired) electrons. The van der Waals surface area contributed by atoms with Crippen LogP contribution in [0.25, 0.3) is 10.8 Å². The summed E-state index contributed by atoms with van der Waals surface area (Å²) in [5.41, 5.74) is 1.43. The van der Waals surface area contributed by atoms with E-state index in [4.69, 9.17) is 39.5 Å². The molecule has 2 N–H and O–H groups in total. The fourth-order valence-electron chi connectivity index (χ4n) is 2.93. The number of alkyl halides is 3. The molecule has 2 aromatic rings. The van der Waals surface area contributed by atoms with Gasteiger partial charge in [0.25, 0.3) is 0 Å². The van der Waals surface area contributed by atoms with Gasteiger partial charge in [0.05, 0.1) is 11.6 Å². The lowest BCUT2D eigenvalue weighted by Crippen LogP contribution is -2.45. The van der Waals surface area contributed by atoms with E-state index >= 15 is 0 Å². The van der Waals surface area contributed by atoms with Gasteiger partial charge in [0.15, 0.2) is 0 Å². The summed E-state index contributed by atoms with van der Waals surface area (Å²) in [6.45, 7) is 1.23. The van der Waals surface area contributed by atoms with Crippen molar-refractivity contribution >= 4 is 57.6 Å². The van der Waals surface area contributed by atoms with E-state index in [1.807, 2.05) is 42.5 Å². The molecule has 0 fully saturated rings. The second kappa shape index (κ2) is 7.35. The fraction of sp³-hybridized carbons (Fsp3) is 0.222. The monoisotopic (exact) mass is 412 g/mol. The van der Waals surface area contributed by atoms with E-state index in [9.17, 15) is 9.59 Å². The third-order valence-corrected chi connectivity index (χ3v) is 4.32. The highest BCUT2D eigenvalue weighted by molar-refractivity contribution is 6.67. The average molecular weight is 414 g/mol. The molecule has 0 aromatic heterocycles. The molecule has 2 amide bonds. The topological polar surface area (TPSA) is 67.4 Å². The number of nitrogens with one attached hydrogen (secondary N) is 2. The molecule has 1 aliphatic rings. The molecule has 0 saturated heterocycles. The van der Waals surface area contributed by atoms with Crippen molar-refractivity contribution in [2.24, 2.45) is 0 Å². The highest BCUT2D eigenvalue weighted by atomic mass is 35.6. The van der Waals surface area contributed by atoms with Crippen molar-refractivity contribution in [2.45, 2.75) is 16.8 Å². The van der Waals surface area contributed by atoms with Gasteiger partial charge in [-0.05, 0) is 23.3 Å². The first-order chi connectivity index (χ1) is 12.3. The Labute approximate surface area is 165 Å². The number of halogens is 3. The Bertz CT molecular complexity index is 901. The van der Waals surface area contributed by atoms with E-state index in [1.165, 1.54) is 0 Å². The first-order valence-corrected chi connectivity index (χ1v) is 8.89. The number of carbonyl (C=O) groups excluding carboxylic acids is 2. The Balaban J connectivity index is 2.04. The fourth-order valence-corrected chi connectivity index (χ4v) is 3.09. The number of urea groups is 1. The second-order valence-corrected chi connectivity index (χ2v) is 8.35. The van der Waals surface area contributed by atoms with Crippen molar-refractivity contribution in [1.29, 1.82) is 0 Å². The first-order valence-electron chi connectivity index (χ1n) is 7.76. The molecule has 1 heterocycles. The van der Waals surface area contributed by atoms with Crippen LogP contribution in [0, 0.1) is 0 Å². The summed E-state index contributed by atoms with van der Waals surface area (Å²) >= 11 is 17.0. The molecule has 0 aliphatic carbocycles. The van der Waals surface area contributed by atoms with Crippen LogP contribution in [-0.2, 0) is 9.53 Å². The van der Waals surface area contributed by atoms with Gasteiger partial charge in [-0.15, -0.1) is 0 Å². The van der Waals surface area contributed by atoms with Gasteiger partial charge in [-0.2, -0.15) is 0 Å². The Morgan fingerprint density at radius 2 is 1.85 bits per heavy atom. The van der Waals surface area contributed by atoms with Gasteiger partial charge in [-0.3, -0.25) is 0 Å². The molecule has 5 nitrogen and oxygen atoms in total. The third kappa shape index (κ3) is 4.06. The number of allylic oxidation sites excluding steroid dienone is 1.